The van der Waals surface area contributed by atoms with Crippen LogP contribution in [0.2, 0.25) is 0 Å². The van der Waals surface area contributed by atoms with E-state index in [1.807, 2.05) is 47.1 Å². The highest BCUT2D eigenvalue weighted by molar-refractivity contribution is 5.83. The zero-order valence-corrected chi connectivity index (χ0v) is 13.8. The lowest BCUT2D eigenvalue weighted by Gasteiger charge is -2.05. The molecule has 3 heterocycles. The van der Waals surface area contributed by atoms with Crippen molar-refractivity contribution in [1.29, 1.82) is 0 Å². The molecule has 0 unspecified atom stereocenters. The van der Waals surface area contributed by atoms with Crippen LogP contribution >= 0.6 is 0 Å². The monoisotopic (exact) mass is 333 g/mol. The highest BCUT2D eigenvalue weighted by Gasteiger charge is 2.08. The van der Waals surface area contributed by atoms with Gasteiger partial charge in [0, 0.05) is 29.7 Å². The number of aryl methyl sites for hydroxylation is 1. The van der Waals surface area contributed by atoms with Crippen molar-refractivity contribution >= 4 is 22.5 Å². The number of ether oxygens (including phenoxy) is 1. The number of imidazole rings is 1. The van der Waals surface area contributed by atoms with E-state index in [2.05, 4.69) is 22.1 Å². The fraction of sp³-hybridized carbons (Fsp3) is 0.200. The first-order chi connectivity index (χ1) is 12.3. The number of aromatic nitrogens is 3. The van der Waals surface area contributed by atoms with Gasteiger partial charge in [-0.15, -0.1) is 0 Å². The molecule has 0 fully saturated rings. The van der Waals surface area contributed by atoms with Gasteiger partial charge in [0.2, 0.25) is 0 Å². The average molecular weight is 333 g/mol. The number of rotatable bonds is 6. The number of H-pyrrole nitrogens is 1. The third-order valence-electron chi connectivity index (χ3n) is 4.38. The number of hydrogen-bond donors (Lipinski definition) is 1. The van der Waals surface area contributed by atoms with Crippen LogP contribution in [-0.4, -0.2) is 20.3 Å². The molecule has 5 nitrogen and oxygen atoms in total. The Morgan fingerprint density at radius 2 is 2.04 bits per heavy atom. The molecular weight excluding hydrogens is 314 g/mol. The van der Waals surface area contributed by atoms with Crippen molar-refractivity contribution in [1.82, 2.24) is 14.4 Å². The van der Waals surface area contributed by atoms with Gasteiger partial charge >= 0.3 is 5.97 Å². The quantitative estimate of drug-likeness (QED) is 0.545. The van der Waals surface area contributed by atoms with Gasteiger partial charge in [0.05, 0.1) is 11.9 Å². The van der Waals surface area contributed by atoms with Crippen molar-refractivity contribution in [3.05, 3.63) is 72.3 Å². The normalized spacial score (nSPS) is 11.2. The first-order valence-electron chi connectivity index (χ1n) is 8.43. The molecule has 0 aliphatic carbocycles. The van der Waals surface area contributed by atoms with E-state index in [0.29, 0.717) is 6.42 Å². The summed E-state index contributed by atoms with van der Waals surface area (Å²) in [6.07, 6.45) is 7.73. The van der Waals surface area contributed by atoms with E-state index >= 15 is 0 Å². The molecule has 0 spiro atoms. The van der Waals surface area contributed by atoms with Crippen LogP contribution in [0.1, 0.15) is 24.1 Å². The Bertz CT molecular complexity index is 1020. The predicted molar refractivity (Wildman–Crippen MR) is 96.2 cm³/mol. The largest absolute Gasteiger partial charge is 0.459 e. The summed E-state index contributed by atoms with van der Waals surface area (Å²) in [7, 11) is 0. The number of carbonyl (C=O) groups excluding carboxylic acids is 1. The Morgan fingerprint density at radius 1 is 1.16 bits per heavy atom. The molecule has 1 aromatic carbocycles. The number of pyridine rings is 1. The van der Waals surface area contributed by atoms with Crippen molar-refractivity contribution in [3.63, 3.8) is 0 Å². The number of benzene rings is 1. The zero-order chi connectivity index (χ0) is 17.1. The summed E-state index contributed by atoms with van der Waals surface area (Å²) in [5.74, 6) is -0.175. The summed E-state index contributed by atoms with van der Waals surface area (Å²) in [5, 5.41) is 1.22. The third-order valence-corrected chi connectivity index (χ3v) is 4.38. The van der Waals surface area contributed by atoms with Crippen molar-refractivity contribution in [2.24, 2.45) is 0 Å². The Morgan fingerprint density at radius 3 is 3.00 bits per heavy atom. The van der Waals surface area contributed by atoms with Gasteiger partial charge in [-0.3, -0.25) is 4.79 Å². The van der Waals surface area contributed by atoms with Crippen LogP contribution in [0.5, 0.6) is 0 Å². The number of hydrogen-bond acceptors (Lipinski definition) is 3. The van der Waals surface area contributed by atoms with Crippen LogP contribution < -0.4 is 0 Å². The second kappa shape index (κ2) is 6.81. The molecule has 4 rings (SSSR count). The molecule has 4 aromatic rings. The van der Waals surface area contributed by atoms with E-state index in [0.717, 1.165) is 29.7 Å². The molecule has 0 amide bonds. The van der Waals surface area contributed by atoms with Crippen LogP contribution in [0.15, 0.2) is 61.1 Å². The summed E-state index contributed by atoms with van der Waals surface area (Å²) < 4.78 is 7.32. The number of aromatic amines is 1. The molecule has 0 bridgehead atoms. The molecule has 0 atom stereocenters. The van der Waals surface area contributed by atoms with E-state index in [-0.39, 0.29) is 12.6 Å². The summed E-state index contributed by atoms with van der Waals surface area (Å²) in [6, 6.07) is 14.0. The highest BCUT2D eigenvalue weighted by atomic mass is 16.5. The average Bonchev–Trinajstić information content (AvgIpc) is 3.24. The summed E-state index contributed by atoms with van der Waals surface area (Å²) in [6.45, 7) is 0.247. The van der Waals surface area contributed by atoms with Crippen LogP contribution in [-0.2, 0) is 22.6 Å². The van der Waals surface area contributed by atoms with Crippen molar-refractivity contribution in [2.75, 3.05) is 0 Å². The molecule has 0 radical (unpaired) electrons. The number of esters is 1. The zero-order valence-electron chi connectivity index (χ0n) is 13.8. The lowest BCUT2D eigenvalue weighted by molar-refractivity contribution is -0.145. The lowest BCUT2D eigenvalue weighted by Crippen LogP contribution is -2.06. The van der Waals surface area contributed by atoms with Gasteiger partial charge in [-0.05, 0) is 36.6 Å². The summed E-state index contributed by atoms with van der Waals surface area (Å²) >= 11 is 0. The molecule has 0 aliphatic heterocycles. The Balaban J connectivity index is 1.29. The maximum Gasteiger partial charge on any atom is 0.306 e. The Labute approximate surface area is 145 Å². The van der Waals surface area contributed by atoms with Gasteiger partial charge in [-0.25, -0.2) is 4.98 Å². The number of para-hydroxylation sites is 1. The number of fused-ring (bicyclic) bond motifs is 2. The third kappa shape index (κ3) is 3.26. The van der Waals surface area contributed by atoms with Crippen LogP contribution in [0.25, 0.3) is 16.6 Å². The second-order valence-corrected chi connectivity index (χ2v) is 6.05. The summed E-state index contributed by atoms with van der Waals surface area (Å²) in [5.41, 5.74) is 4.10. The van der Waals surface area contributed by atoms with Gasteiger partial charge in [-0.2, -0.15) is 0 Å². The van der Waals surface area contributed by atoms with E-state index < -0.39 is 0 Å². The molecule has 5 heteroatoms. The molecule has 25 heavy (non-hydrogen) atoms. The number of carbonyl (C=O) groups is 1. The standard InChI is InChI=1S/C20H19N3O2/c24-20(25-14-16-13-22-19-9-3-4-11-23(16)19)10-5-6-15-12-21-18-8-2-1-7-17(15)18/h1-4,7-9,11-13,21H,5-6,10,14H2. The second-order valence-electron chi connectivity index (χ2n) is 6.05. The van der Waals surface area contributed by atoms with Crippen molar-refractivity contribution in [2.45, 2.75) is 25.9 Å². The van der Waals surface area contributed by atoms with Crippen LogP contribution in [0, 0.1) is 0 Å². The molecule has 126 valence electrons. The van der Waals surface area contributed by atoms with Gasteiger partial charge in [0.25, 0.3) is 0 Å². The summed E-state index contributed by atoms with van der Waals surface area (Å²) in [4.78, 5) is 19.6. The van der Waals surface area contributed by atoms with Gasteiger partial charge in [0.1, 0.15) is 12.3 Å². The number of nitrogens with zero attached hydrogens (tertiary/aromatic N) is 2. The smallest absolute Gasteiger partial charge is 0.306 e. The lowest BCUT2D eigenvalue weighted by atomic mass is 10.1. The fourth-order valence-electron chi connectivity index (χ4n) is 3.08. The van der Waals surface area contributed by atoms with E-state index in [1.165, 1.54) is 10.9 Å². The van der Waals surface area contributed by atoms with Gasteiger partial charge < -0.3 is 14.1 Å². The van der Waals surface area contributed by atoms with Gasteiger partial charge in [0.15, 0.2) is 0 Å². The van der Waals surface area contributed by atoms with Crippen LogP contribution in [0.4, 0.5) is 0 Å². The minimum atomic E-state index is -0.175. The molecule has 0 saturated heterocycles. The van der Waals surface area contributed by atoms with Crippen molar-refractivity contribution in [3.8, 4) is 0 Å². The molecule has 3 aromatic heterocycles. The predicted octanol–water partition coefficient (Wildman–Crippen LogP) is 3.88. The van der Waals surface area contributed by atoms with Gasteiger partial charge in [-0.1, -0.05) is 24.3 Å². The molecule has 0 saturated carbocycles. The topological polar surface area (TPSA) is 59.4 Å². The van der Waals surface area contributed by atoms with E-state index in [4.69, 9.17) is 4.74 Å². The van der Waals surface area contributed by atoms with Crippen LogP contribution in [0.3, 0.4) is 0 Å². The minimum Gasteiger partial charge on any atom is -0.459 e. The first kappa shape index (κ1) is 15.4. The first-order valence-corrected chi connectivity index (χ1v) is 8.43. The Hall–Kier alpha value is -3.08. The van der Waals surface area contributed by atoms with Crippen molar-refractivity contribution < 1.29 is 9.53 Å². The van der Waals surface area contributed by atoms with E-state index in [9.17, 15) is 4.79 Å². The highest BCUT2D eigenvalue weighted by Crippen LogP contribution is 2.19. The fourth-order valence-corrected chi connectivity index (χ4v) is 3.08. The molecule has 0 aliphatic rings. The maximum atomic E-state index is 12.0. The minimum absolute atomic E-state index is 0.175. The molecular formula is C20H19N3O2. The maximum absolute atomic E-state index is 12.0. The SMILES string of the molecule is O=C(CCCc1c[nH]c2ccccc12)OCc1cnc2ccccn12. The van der Waals surface area contributed by atoms with E-state index in [1.54, 1.807) is 6.20 Å². The Kier molecular flexibility index (Phi) is 4.21. The number of nitrogens with one attached hydrogen (secondary N) is 1. The molecule has 1 N–H and O–H groups in total.